The van der Waals surface area contributed by atoms with Crippen LogP contribution in [0.3, 0.4) is 0 Å². The van der Waals surface area contributed by atoms with Gasteiger partial charge < -0.3 is 4.74 Å². The highest BCUT2D eigenvalue weighted by molar-refractivity contribution is 7.18. The number of carbonyl (C=O) groups excluding carboxylic acids is 1. The number of benzene rings is 2. The number of hydrogen-bond donors (Lipinski definition) is 0. The van der Waals surface area contributed by atoms with Crippen LogP contribution in [0.15, 0.2) is 48.0 Å². The van der Waals surface area contributed by atoms with E-state index >= 15 is 0 Å². The molecule has 1 unspecified atom stereocenters. The summed E-state index contributed by atoms with van der Waals surface area (Å²) >= 11 is 7.32. The molecule has 0 aliphatic carbocycles. The van der Waals surface area contributed by atoms with E-state index in [1.807, 2.05) is 30.3 Å². The monoisotopic (exact) mass is 366 g/mol. The second kappa shape index (κ2) is 6.32. The summed E-state index contributed by atoms with van der Waals surface area (Å²) in [5.41, 5.74) is 2.01. The van der Waals surface area contributed by atoms with E-state index in [0.29, 0.717) is 21.1 Å². The molecule has 6 heteroatoms. The summed E-state index contributed by atoms with van der Waals surface area (Å²) in [5, 5.41) is 10.6. The lowest BCUT2D eigenvalue weighted by Gasteiger charge is -2.18. The van der Waals surface area contributed by atoms with Crippen LogP contribution in [-0.2, 0) is 4.79 Å². The average Bonchev–Trinajstić information content (AvgIpc) is 3.04. The number of aromatic nitrogens is 1. The first-order valence-corrected chi connectivity index (χ1v) is 8.77. The second-order valence-electron chi connectivity index (χ2n) is 5.59. The second-order valence-corrected chi connectivity index (χ2v) is 7.09. The number of para-hydroxylation sites is 1. The third-order valence-corrected chi connectivity index (χ3v) is 5.29. The van der Waals surface area contributed by atoms with Crippen molar-refractivity contribution in [2.75, 3.05) is 6.61 Å². The molecule has 0 fully saturated rings. The summed E-state index contributed by atoms with van der Waals surface area (Å²) < 4.78 is 6.52. The predicted octanol–water partition coefficient (Wildman–Crippen LogP) is 4.60. The maximum atomic E-state index is 12.9. The number of Topliss-reactive ketones (excluding diaryl/α,β-unsaturated/α-hetero) is 1. The van der Waals surface area contributed by atoms with Gasteiger partial charge in [-0.15, -0.1) is 11.3 Å². The van der Waals surface area contributed by atoms with Crippen molar-refractivity contribution in [3.8, 4) is 11.8 Å². The minimum Gasteiger partial charge on any atom is -0.488 e. The van der Waals surface area contributed by atoms with Crippen molar-refractivity contribution in [2.45, 2.75) is 5.92 Å². The Morgan fingerprint density at radius 2 is 2.16 bits per heavy atom. The zero-order valence-electron chi connectivity index (χ0n) is 12.9. The van der Waals surface area contributed by atoms with E-state index < -0.39 is 5.92 Å². The molecule has 122 valence electrons. The molecule has 0 radical (unpaired) electrons. The van der Waals surface area contributed by atoms with Gasteiger partial charge in [-0.1, -0.05) is 29.8 Å². The highest BCUT2D eigenvalue weighted by atomic mass is 35.5. The molecule has 1 aliphatic rings. The highest BCUT2D eigenvalue weighted by Gasteiger charge is 2.29. The van der Waals surface area contributed by atoms with Crippen LogP contribution in [0.5, 0.6) is 5.75 Å². The number of ether oxygens (including phenoxy) is 1. The van der Waals surface area contributed by atoms with Gasteiger partial charge >= 0.3 is 0 Å². The molecule has 0 bridgehead atoms. The van der Waals surface area contributed by atoms with Crippen LogP contribution < -0.4 is 4.74 Å². The van der Waals surface area contributed by atoms with E-state index in [-0.39, 0.29) is 12.4 Å². The van der Waals surface area contributed by atoms with Crippen molar-refractivity contribution in [3.05, 3.63) is 63.6 Å². The lowest BCUT2D eigenvalue weighted by Crippen LogP contribution is -2.20. The van der Waals surface area contributed by atoms with Crippen LogP contribution in [0.4, 0.5) is 0 Å². The van der Waals surface area contributed by atoms with Crippen molar-refractivity contribution in [1.29, 1.82) is 5.26 Å². The molecule has 25 heavy (non-hydrogen) atoms. The van der Waals surface area contributed by atoms with E-state index in [1.165, 1.54) is 11.3 Å². The molecule has 0 spiro atoms. The molecule has 2 heterocycles. The Hall–Kier alpha value is -2.68. The van der Waals surface area contributed by atoms with Crippen LogP contribution in [0.2, 0.25) is 5.02 Å². The number of fused-ring (bicyclic) bond motifs is 2. The van der Waals surface area contributed by atoms with E-state index in [0.717, 1.165) is 16.0 Å². The minimum atomic E-state index is -0.948. The van der Waals surface area contributed by atoms with Crippen molar-refractivity contribution in [3.63, 3.8) is 0 Å². The lowest BCUT2D eigenvalue weighted by molar-refractivity contribution is -0.116. The van der Waals surface area contributed by atoms with E-state index in [1.54, 1.807) is 18.2 Å². The lowest BCUT2D eigenvalue weighted by atomic mass is 9.96. The maximum absolute atomic E-state index is 12.9. The molecule has 0 saturated heterocycles. The van der Waals surface area contributed by atoms with Gasteiger partial charge in [-0.2, -0.15) is 5.26 Å². The molecule has 1 aliphatic heterocycles. The van der Waals surface area contributed by atoms with Crippen molar-refractivity contribution in [2.24, 2.45) is 0 Å². The summed E-state index contributed by atoms with van der Waals surface area (Å²) in [6.45, 7) is 0.157. The topological polar surface area (TPSA) is 63.0 Å². The van der Waals surface area contributed by atoms with E-state index in [2.05, 4.69) is 11.1 Å². The molecule has 4 nitrogen and oxygen atoms in total. The van der Waals surface area contributed by atoms with Crippen molar-refractivity contribution in [1.82, 2.24) is 4.98 Å². The Morgan fingerprint density at radius 3 is 3.00 bits per heavy atom. The number of halogens is 1. The van der Waals surface area contributed by atoms with Crippen molar-refractivity contribution < 1.29 is 9.53 Å². The molecule has 0 N–H and O–H groups in total. The van der Waals surface area contributed by atoms with Gasteiger partial charge in [-0.25, -0.2) is 4.98 Å². The highest BCUT2D eigenvalue weighted by Crippen LogP contribution is 2.33. The molecular formula is C19H11ClN2O2S. The number of ketones is 1. The Morgan fingerprint density at radius 1 is 1.32 bits per heavy atom. The summed E-state index contributed by atoms with van der Waals surface area (Å²) in [7, 11) is 0. The number of nitriles is 1. The number of carbonyl (C=O) groups is 1. The predicted molar refractivity (Wildman–Crippen MR) is 97.9 cm³/mol. The number of hydrogen-bond acceptors (Lipinski definition) is 5. The van der Waals surface area contributed by atoms with Gasteiger partial charge in [0.2, 0.25) is 0 Å². The largest absolute Gasteiger partial charge is 0.488 e. The molecule has 3 aromatic rings. The maximum Gasteiger partial charge on any atom is 0.186 e. The minimum absolute atomic E-state index is 0.157. The van der Waals surface area contributed by atoms with Gasteiger partial charge in [0.15, 0.2) is 11.7 Å². The first-order chi connectivity index (χ1) is 12.2. The number of thiazole rings is 1. The van der Waals surface area contributed by atoms with Crippen LogP contribution in [0.1, 0.15) is 16.5 Å². The van der Waals surface area contributed by atoms with Crippen molar-refractivity contribution >= 4 is 45.0 Å². The quantitative estimate of drug-likeness (QED) is 0.679. The van der Waals surface area contributed by atoms with Gasteiger partial charge in [0.25, 0.3) is 0 Å². The van der Waals surface area contributed by atoms with Crippen LogP contribution in [0.25, 0.3) is 16.3 Å². The van der Waals surface area contributed by atoms with Crippen LogP contribution in [0, 0.1) is 11.3 Å². The fraction of sp³-hybridized carbons (Fsp3) is 0.105. The van der Waals surface area contributed by atoms with Gasteiger partial charge in [0, 0.05) is 16.2 Å². The molecule has 2 aromatic carbocycles. The molecule has 1 aromatic heterocycles. The van der Waals surface area contributed by atoms with Crippen LogP contribution >= 0.6 is 22.9 Å². The zero-order valence-corrected chi connectivity index (χ0v) is 14.5. The van der Waals surface area contributed by atoms with E-state index in [9.17, 15) is 10.1 Å². The number of rotatable bonds is 3. The van der Waals surface area contributed by atoms with E-state index in [4.69, 9.17) is 16.3 Å². The zero-order chi connectivity index (χ0) is 17.4. The molecule has 0 amide bonds. The average molecular weight is 367 g/mol. The normalized spacial score (nSPS) is 14.2. The van der Waals surface area contributed by atoms with Gasteiger partial charge in [-0.05, 0) is 30.3 Å². The Bertz CT molecular complexity index is 1060. The molecule has 1 atom stereocenters. The van der Waals surface area contributed by atoms with Gasteiger partial charge in [0.05, 0.1) is 16.3 Å². The third-order valence-electron chi connectivity index (χ3n) is 3.95. The smallest absolute Gasteiger partial charge is 0.186 e. The first kappa shape index (κ1) is 15.8. The summed E-state index contributed by atoms with van der Waals surface area (Å²) in [5.74, 6) is -0.486. The summed E-state index contributed by atoms with van der Waals surface area (Å²) in [6.07, 6.45) is 1.79. The first-order valence-electron chi connectivity index (χ1n) is 7.58. The number of nitrogens with zero attached hydrogens (tertiary/aromatic N) is 2. The van der Waals surface area contributed by atoms with Gasteiger partial charge in [-0.3, -0.25) is 4.79 Å². The molecular weight excluding hydrogens is 356 g/mol. The SMILES string of the molecule is N#CC(C(=O)C1=Cc2ccccc2OC1)c1nc2cc(Cl)ccc2s1. The third kappa shape index (κ3) is 2.91. The standard InChI is InChI=1S/C19H11ClN2O2S/c20-13-5-6-17-15(8-13)22-19(25-17)14(9-21)18(23)12-7-11-3-1-2-4-16(11)24-10-12/h1-8,14H,10H2. The van der Waals surface area contributed by atoms with Gasteiger partial charge in [0.1, 0.15) is 17.4 Å². The molecule has 0 saturated carbocycles. The Kier molecular flexibility index (Phi) is 4.00. The van der Waals surface area contributed by atoms with Crippen LogP contribution in [-0.4, -0.2) is 17.4 Å². The fourth-order valence-electron chi connectivity index (χ4n) is 2.71. The summed E-state index contributed by atoms with van der Waals surface area (Å²) in [4.78, 5) is 17.3. The summed E-state index contributed by atoms with van der Waals surface area (Å²) in [6, 6.07) is 14.9. The Balaban J connectivity index is 1.70. The Labute approximate surface area is 152 Å². The fourth-order valence-corrected chi connectivity index (χ4v) is 3.87. The molecule has 4 rings (SSSR count).